The highest BCUT2D eigenvalue weighted by atomic mass is 19.1. The molecule has 1 atom stereocenters. The van der Waals surface area contributed by atoms with Crippen LogP contribution < -0.4 is 25.8 Å². The average molecular weight is 654 g/mol. The lowest BCUT2D eigenvalue weighted by atomic mass is 10.0. The Morgan fingerprint density at radius 2 is 2.00 bits per heavy atom. The normalized spacial score (nSPS) is 11.7. The molecule has 0 aliphatic carbocycles. The average Bonchev–Trinajstić information content (AvgIpc) is 3.67. The first-order valence-electron chi connectivity index (χ1n) is 14.0. The van der Waals surface area contributed by atoms with Crippen LogP contribution in [0.25, 0.3) is 5.82 Å². The second kappa shape index (κ2) is 14.5. The Labute approximate surface area is 267 Å². The number of methoxy groups -OCH3 is 2. The van der Waals surface area contributed by atoms with Gasteiger partial charge in [0.05, 0.1) is 32.5 Å². The number of oxazole rings is 1. The summed E-state index contributed by atoms with van der Waals surface area (Å²) in [4.78, 5) is 44.1. The van der Waals surface area contributed by atoms with Crippen molar-refractivity contribution in [2.75, 3.05) is 32.8 Å². The number of carbonyl (C=O) groups excluding carboxylic acids is 2. The van der Waals surface area contributed by atoms with E-state index in [0.29, 0.717) is 11.3 Å². The van der Waals surface area contributed by atoms with Crippen molar-refractivity contribution in [3.63, 3.8) is 0 Å². The minimum absolute atomic E-state index is 0.0847. The molecule has 2 aromatic carbocycles. The number of alkyl carbamates (subject to hydrolysis) is 1. The zero-order valence-corrected chi connectivity index (χ0v) is 26.0. The number of esters is 1. The topological polar surface area (TPSA) is 216 Å². The van der Waals surface area contributed by atoms with Gasteiger partial charge in [-0.05, 0) is 50.6 Å². The lowest BCUT2D eigenvalue weighted by Crippen LogP contribution is -2.32. The molecule has 2 aromatic heterocycles. The lowest BCUT2D eigenvalue weighted by Gasteiger charge is -2.22. The Bertz CT molecular complexity index is 1850. The standard InChI is InChI=1S/C30H32FN7O9/c1-30(2,3)47-29(42)33-14-17-10-18(7-6-16(17)13-32)35-23(20-11-19(43-4)12-21(22(20)31)45-9-8-39)25-36-28(41)38(37-25)26-24(27(40)44-5)46-15-34-26/h6-7,10-12,15,23,35,39H,8-9,14H2,1-5H3,(H,33,42)(H,36,37,41). The molecule has 0 fully saturated rings. The number of aromatic amines is 1. The van der Waals surface area contributed by atoms with Gasteiger partial charge in [-0.2, -0.15) is 14.9 Å². The molecule has 1 amide bonds. The van der Waals surface area contributed by atoms with E-state index in [4.69, 9.17) is 18.6 Å². The number of aliphatic hydroxyl groups excluding tert-OH is 1. The molecular weight excluding hydrogens is 621 g/mol. The van der Waals surface area contributed by atoms with Gasteiger partial charge in [0.25, 0.3) is 5.76 Å². The quantitative estimate of drug-likeness (QED) is 0.162. The Morgan fingerprint density at radius 3 is 2.66 bits per heavy atom. The zero-order valence-electron chi connectivity index (χ0n) is 26.0. The van der Waals surface area contributed by atoms with Crippen LogP contribution in [0, 0.1) is 17.1 Å². The van der Waals surface area contributed by atoms with Crippen LogP contribution in [0.1, 0.15) is 59.9 Å². The van der Waals surface area contributed by atoms with E-state index >= 15 is 4.39 Å². The first-order valence-corrected chi connectivity index (χ1v) is 14.0. The van der Waals surface area contributed by atoms with Gasteiger partial charge in [0, 0.05) is 23.9 Å². The van der Waals surface area contributed by atoms with Crippen molar-refractivity contribution in [2.45, 2.75) is 39.0 Å². The monoisotopic (exact) mass is 653 g/mol. The van der Waals surface area contributed by atoms with Crippen LogP contribution in [0.3, 0.4) is 0 Å². The van der Waals surface area contributed by atoms with E-state index in [1.807, 2.05) is 0 Å². The third-order valence-electron chi connectivity index (χ3n) is 6.32. The first-order chi connectivity index (χ1) is 22.4. The molecule has 0 aliphatic heterocycles. The van der Waals surface area contributed by atoms with E-state index in [1.165, 1.54) is 31.4 Å². The fourth-order valence-corrected chi connectivity index (χ4v) is 4.30. The number of benzene rings is 2. The molecule has 17 heteroatoms. The first kappa shape index (κ1) is 34.0. The SMILES string of the molecule is COC(=O)c1ocnc1-n1nc(C(Nc2ccc(C#N)c(CNC(=O)OC(C)(C)C)c2)c2cc(OC)cc(OCCO)c2F)[nH]c1=O. The molecule has 0 aliphatic rings. The number of ether oxygens (including phenoxy) is 4. The number of hydrogen-bond acceptors (Lipinski definition) is 13. The number of rotatable bonds is 12. The molecule has 1 unspecified atom stereocenters. The lowest BCUT2D eigenvalue weighted by molar-refractivity contribution is 0.0521. The van der Waals surface area contributed by atoms with Gasteiger partial charge in [0.2, 0.25) is 5.82 Å². The highest BCUT2D eigenvalue weighted by Gasteiger charge is 2.29. The second-order valence-electron chi connectivity index (χ2n) is 10.7. The molecule has 0 radical (unpaired) electrons. The van der Waals surface area contributed by atoms with Crippen molar-refractivity contribution in [2.24, 2.45) is 0 Å². The van der Waals surface area contributed by atoms with Crippen molar-refractivity contribution in [3.05, 3.63) is 81.3 Å². The summed E-state index contributed by atoms with van der Waals surface area (Å²) in [6.45, 7) is 4.43. The number of nitrogens with zero attached hydrogens (tertiary/aromatic N) is 4. The van der Waals surface area contributed by atoms with Crippen molar-refractivity contribution in [3.8, 4) is 23.4 Å². The molecule has 0 spiro atoms. The summed E-state index contributed by atoms with van der Waals surface area (Å²) >= 11 is 0. The maximum atomic E-state index is 16.1. The van der Waals surface area contributed by atoms with Crippen LogP contribution in [0.4, 0.5) is 14.9 Å². The third kappa shape index (κ3) is 8.04. The Hall–Kier alpha value is -5.89. The number of carbonyl (C=O) groups is 2. The van der Waals surface area contributed by atoms with Crippen LogP contribution >= 0.6 is 0 Å². The van der Waals surface area contributed by atoms with E-state index in [2.05, 4.69) is 36.5 Å². The minimum atomic E-state index is -1.27. The van der Waals surface area contributed by atoms with E-state index < -0.39 is 47.6 Å². The van der Waals surface area contributed by atoms with Gasteiger partial charge in [-0.25, -0.2) is 18.8 Å². The molecule has 248 valence electrons. The molecule has 0 bridgehead atoms. The number of aromatic nitrogens is 4. The molecule has 4 rings (SSSR count). The Balaban J connectivity index is 1.82. The van der Waals surface area contributed by atoms with E-state index in [-0.39, 0.29) is 47.4 Å². The van der Waals surface area contributed by atoms with Crippen molar-refractivity contribution < 1.29 is 42.5 Å². The summed E-state index contributed by atoms with van der Waals surface area (Å²) < 4.78 is 42.6. The summed E-state index contributed by atoms with van der Waals surface area (Å²) in [5.41, 5.74) is -0.748. The van der Waals surface area contributed by atoms with Crippen LogP contribution in [0.15, 0.2) is 45.9 Å². The maximum Gasteiger partial charge on any atom is 0.407 e. The number of halogens is 1. The van der Waals surface area contributed by atoms with E-state index in [0.717, 1.165) is 18.2 Å². The summed E-state index contributed by atoms with van der Waals surface area (Å²) in [6.07, 6.45) is 0.225. The van der Waals surface area contributed by atoms with Crippen LogP contribution in [-0.4, -0.2) is 70.0 Å². The van der Waals surface area contributed by atoms with Crippen molar-refractivity contribution in [1.29, 1.82) is 5.26 Å². The predicted octanol–water partition coefficient (Wildman–Crippen LogP) is 2.95. The molecule has 2 heterocycles. The molecule has 47 heavy (non-hydrogen) atoms. The van der Waals surface area contributed by atoms with Gasteiger partial charge in [-0.1, -0.05) is 0 Å². The number of anilines is 1. The number of nitriles is 1. The van der Waals surface area contributed by atoms with Crippen molar-refractivity contribution in [1.82, 2.24) is 25.1 Å². The number of amides is 1. The fourth-order valence-electron chi connectivity index (χ4n) is 4.30. The third-order valence-corrected chi connectivity index (χ3v) is 6.32. The largest absolute Gasteiger partial charge is 0.497 e. The van der Waals surface area contributed by atoms with Crippen LogP contribution in [0.2, 0.25) is 0 Å². The number of aliphatic hydroxyl groups is 1. The van der Waals surface area contributed by atoms with Gasteiger partial charge in [0.1, 0.15) is 24.0 Å². The zero-order chi connectivity index (χ0) is 34.3. The van der Waals surface area contributed by atoms with Gasteiger partial charge < -0.3 is 39.1 Å². The van der Waals surface area contributed by atoms with E-state index in [1.54, 1.807) is 26.8 Å². The second-order valence-corrected chi connectivity index (χ2v) is 10.7. The number of nitrogens with one attached hydrogen (secondary N) is 3. The molecule has 0 saturated heterocycles. The summed E-state index contributed by atoms with van der Waals surface area (Å²) in [6, 6.07) is 7.99. The van der Waals surface area contributed by atoms with Crippen LogP contribution in [-0.2, 0) is 16.0 Å². The number of H-pyrrole nitrogens is 1. The van der Waals surface area contributed by atoms with Gasteiger partial charge in [0.15, 0.2) is 23.8 Å². The van der Waals surface area contributed by atoms with Gasteiger partial charge >= 0.3 is 17.8 Å². The van der Waals surface area contributed by atoms with Crippen LogP contribution in [0.5, 0.6) is 11.5 Å². The maximum absolute atomic E-state index is 16.1. The molecular formula is C30H32FN7O9. The van der Waals surface area contributed by atoms with Gasteiger partial charge in [-0.15, -0.1) is 5.10 Å². The highest BCUT2D eigenvalue weighted by molar-refractivity contribution is 5.89. The van der Waals surface area contributed by atoms with E-state index in [9.17, 15) is 24.8 Å². The van der Waals surface area contributed by atoms with Crippen molar-refractivity contribution >= 4 is 17.7 Å². The molecule has 4 aromatic rings. The Kier molecular flexibility index (Phi) is 10.5. The van der Waals surface area contributed by atoms with Gasteiger partial charge in [-0.3, -0.25) is 4.98 Å². The fraction of sp³-hybridized carbons (Fsp3) is 0.333. The Morgan fingerprint density at radius 1 is 1.23 bits per heavy atom. The summed E-state index contributed by atoms with van der Waals surface area (Å²) in [5, 5.41) is 28.9. The highest BCUT2D eigenvalue weighted by Crippen LogP contribution is 2.35. The number of hydrogen-bond donors (Lipinski definition) is 4. The molecule has 16 nitrogen and oxygen atoms in total. The smallest absolute Gasteiger partial charge is 0.407 e. The molecule has 0 saturated carbocycles. The summed E-state index contributed by atoms with van der Waals surface area (Å²) in [5.74, 6) is -2.70. The predicted molar refractivity (Wildman–Crippen MR) is 161 cm³/mol. The minimum Gasteiger partial charge on any atom is -0.497 e. The molecule has 4 N–H and O–H groups in total. The summed E-state index contributed by atoms with van der Waals surface area (Å²) in [7, 11) is 2.47.